The summed E-state index contributed by atoms with van der Waals surface area (Å²) in [6.45, 7) is 0. The molecule has 0 saturated heterocycles. The molecule has 0 radical (unpaired) electrons. The van der Waals surface area contributed by atoms with E-state index in [0.717, 1.165) is 18.2 Å². The molecule has 0 heterocycles. The topological polar surface area (TPSA) is 89.3 Å². The zero-order chi connectivity index (χ0) is 14.6. The number of carbonyl (C=O) groups is 1. The molecule has 0 aromatic heterocycles. The number of primary amides is 1. The second kappa shape index (κ2) is 6.14. The molecule has 3 N–H and O–H groups in total. The van der Waals surface area contributed by atoms with Crippen molar-refractivity contribution < 1.29 is 17.6 Å². The Hall–Kier alpha value is -1.43. The number of halogens is 2. The minimum absolute atomic E-state index is 0.0314. The van der Waals surface area contributed by atoms with Gasteiger partial charge in [-0.25, -0.2) is 12.8 Å². The number of hydrogen-bond acceptors (Lipinski definition) is 3. The third kappa shape index (κ3) is 4.02. The Morgan fingerprint density at radius 2 is 2.21 bits per heavy atom. The van der Waals surface area contributed by atoms with E-state index in [1.54, 1.807) is 0 Å². The normalized spacial score (nSPS) is 12.7. The maximum Gasteiger partial charge on any atom is 0.242 e. The number of benzene rings is 1. The lowest BCUT2D eigenvalue weighted by Crippen LogP contribution is -2.44. The summed E-state index contributed by atoms with van der Waals surface area (Å²) in [5.41, 5.74) is 5.04. The number of terminal acetylenes is 1. The summed E-state index contributed by atoms with van der Waals surface area (Å²) >= 11 is 2.93. The second-order valence-corrected chi connectivity index (χ2v) is 6.10. The van der Waals surface area contributed by atoms with E-state index in [-0.39, 0.29) is 15.8 Å². The van der Waals surface area contributed by atoms with Crippen molar-refractivity contribution in [2.24, 2.45) is 5.73 Å². The molecule has 1 atom stereocenters. The Kier molecular flexibility index (Phi) is 5.05. The highest BCUT2D eigenvalue weighted by atomic mass is 79.9. The van der Waals surface area contributed by atoms with E-state index in [1.807, 2.05) is 0 Å². The van der Waals surface area contributed by atoms with E-state index in [0.29, 0.717) is 0 Å². The number of nitrogens with one attached hydrogen (secondary N) is 1. The van der Waals surface area contributed by atoms with Gasteiger partial charge in [0.1, 0.15) is 11.9 Å². The van der Waals surface area contributed by atoms with Crippen LogP contribution >= 0.6 is 15.9 Å². The smallest absolute Gasteiger partial charge is 0.242 e. The molecule has 19 heavy (non-hydrogen) atoms. The van der Waals surface area contributed by atoms with Gasteiger partial charge >= 0.3 is 0 Å². The zero-order valence-electron chi connectivity index (χ0n) is 9.56. The molecule has 0 unspecified atom stereocenters. The van der Waals surface area contributed by atoms with Gasteiger partial charge in [0.15, 0.2) is 0 Å². The number of sulfonamides is 1. The average Bonchev–Trinajstić information content (AvgIpc) is 2.27. The van der Waals surface area contributed by atoms with Crippen LogP contribution in [0.3, 0.4) is 0 Å². The highest BCUT2D eigenvalue weighted by Crippen LogP contribution is 2.22. The van der Waals surface area contributed by atoms with Gasteiger partial charge in [-0.05, 0) is 34.1 Å². The van der Waals surface area contributed by atoms with E-state index in [4.69, 9.17) is 12.2 Å². The SMILES string of the molecule is C#CC[C@@H](NS(=O)(=O)c1ccc(F)cc1Br)C(N)=O. The summed E-state index contributed by atoms with van der Waals surface area (Å²) in [5.74, 6) is 0.662. The summed E-state index contributed by atoms with van der Waals surface area (Å²) in [6, 6.07) is 1.83. The monoisotopic (exact) mass is 348 g/mol. The van der Waals surface area contributed by atoms with Crippen LogP contribution in [0, 0.1) is 18.2 Å². The van der Waals surface area contributed by atoms with Gasteiger partial charge in [0, 0.05) is 10.9 Å². The van der Waals surface area contributed by atoms with Crippen LogP contribution in [0.15, 0.2) is 27.6 Å². The molecule has 5 nitrogen and oxygen atoms in total. The molecule has 0 fully saturated rings. The summed E-state index contributed by atoms with van der Waals surface area (Å²) in [6.07, 6.45) is 4.85. The van der Waals surface area contributed by atoms with Gasteiger partial charge in [0.2, 0.25) is 15.9 Å². The number of rotatable bonds is 5. The minimum atomic E-state index is -4.03. The van der Waals surface area contributed by atoms with Crippen molar-refractivity contribution >= 4 is 31.9 Å². The van der Waals surface area contributed by atoms with E-state index >= 15 is 0 Å². The van der Waals surface area contributed by atoms with Gasteiger partial charge in [-0.3, -0.25) is 4.79 Å². The fraction of sp³-hybridized carbons (Fsp3) is 0.182. The van der Waals surface area contributed by atoms with Gasteiger partial charge < -0.3 is 5.73 Å². The van der Waals surface area contributed by atoms with Gasteiger partial charge in [-0.1, -0.05) is 0 Å². The van der Waals surface area contributed by atoms with Crippen LogP contribution < -0.4 is 10.5 Å². The quantitative estimate of drug-likeness (QED) is 0.769. The van der Waals surface area contributed by atoms with Gasteiger partial charge in [-0.2, -0.15) is 4.72 Å². The van der Waals surface area contributed by atoms with Crippen LogP contribution in [0.1, 0.15) is 6.42 Å². The summed E-state index contributed by atoms with van der Waals surface area (Å²) < 4.78 is 39.0. The van der Waals surface area contributed by atoms with E-state index in [1.165, 1.54) is 0 Å². The van der Waals surface area contributed by atoms with Crippen LogP contribution in [0.2, 0.25) is 0 Å². The highest BCUT2D eigenvalue weighted by molar-refractivity contribution is 9.10. The predicted molar refractivity (Wildman–Crippen MR) is 70.9 cm³/mol. The van der Waals surface area contributed by atoms with Crippen molar-refractivity contribution in [2.75, 3.05) is 0 Å². The summed E-state index contributed by atoms with van der Waals surface area (Å²) in [5, 5.41) is 0. The Morgan fingerprint density at radius 1 is 1.58 bits per heavy atom. The summed E-state index contributed by atoms with van der Waals surface area (Å²) in [4.78, 5) is 10.9. The Morgan fingerprint density at radius 3 is 2.68 bits per heavy atom. The van der Waals surface area contributed by atoms with Crippen molar-refractivity contribution in [1.29, 1.82) is 0 Å². The molecule has 1 rings (SSSR count). The lowest BCUT2D eigenvalue weighted by Gasteiger charge is -2.14. The molecule has 0 spiro atoms. The maximum absolute atomic E-state index is 12.9. The highest BCUT2D eigenvalue weighted by Gasteiger charge is 2.25. The molecule has 1 aromatic rings. The molecule has 0 aliphatic heterocycles. The van der Waals surface area contributed by atoms with Crippen molar-refractivity contribution in [2.45, 2.75) is 17.4 Å². The van der Waals surface area contributed by atoms with E-state index in [2.05, 4.69) is 26.6 Å². The number of hydrogen-bond donors (Lipinski definition) is 2. The standard InChI is InChI=1S/C11H10BrFN2O3S/c1-2-3-9(11(14)16)15-19(17,18)10-5-4-7(13)6-8(10)12/h1,4-6,9,15H,3H2,(H2,14,16)/t9-/m1/s1. The minimum Gasteiger partial charge on any atom is -0.368 e. The molecule has 8 heteroatoms. The first-order valence-electron chi connectivity index (χ1n) is 4.98. The molecule has 0 bridgehead atoms. The van der Waals surface area contributed by atoms with Crippen LogP contribution in [0.5, 0.6) is 0 Å². The molecule has 0 aliphatic rings. The van der Waals surface area contributed by atoms with Crippen LogP contribution in [-0.2, 0) is 14.8 Å². The van der Waals surface area contributed by atoms with Gasteiger partial charge in [-0.15, -0.1) is 12.3 Å². The molecule has 1 amide bonds. The first-order chi connectivity index (χ1) is 8.77. The van der Waals surface area contributed by atoms with Gasteiger partial charge in [0.25, 0.3) is 0 Å². The van der Waals surface area contributed by atoms with Crippen LogP contribution in [0.25, 0.3) is 0 Å². The molecular weight excluding hydrogens is 339 g/mol. The van der Waals surface area contributed by atoms with Crippen molar-refractivity contribution in [3.05, 3.63) is 28.5 Å². The number of carbonyl (C=O) groups excluding carboxylic acids is 1. The Balaban J connectivity index is 3.11. The third-order valence-corrected chi connectivity index (χ3v) is 4.59. The average molecular weight is 349 g/mol. The fourth-order valence-electron chi connectivity index (χ4n) is 1.26. The first-order valence-corrected chi connectivity index (χ1v) is 7.25. The number of nitrogens with two attached hydrogens (primary N) is 1. The first kappa shape index (κ1) is 15.6. The fourth-order valence-corrected chi connectivity index (χ4v) is 3.52. The molecule has 1 aromatic carbocycles. The summed E-state index contributed by atoms with van der Waals surface area (Å²) in [7, 11) is -4.03. The Bertz CT molecular complexity index is 640. The third-order valence-electron chi connectivity index (χ3n) is 2.15. The van der Waals surface area contributed by atoms with E-state index in [9.17, 15) is 17.6 Å². The van der Waals surface area contributed by atoms with Gasteiger partial charge in [0.05, 0.1) is 4.90 Å². The lowest BCUT2D eigenvalue weighted by molar-refractivity contribution is -0.119. The van der Waals surface area contributed by atoms with Crippen molar-refractivity contribution in [1.82, 2.24) is 4.72 Å². The zero-order valence-corrected chi connectivity index (χ0v) is 12.0. The lowest BCUT2D eigenvalue weighted by atomic mass is 10.2. The second-order valence-electron chi connectivity index (χ2n) is 3.56. The number of amides is 1. The predicted octanol–water partition coefficient (Wildman–Crippen LogP) is 0.744. The van der Waals surface area contributed by atoms with Crippen molar-refractivity contribution in [3.8, 4) is 12.3 Å². The molecule has 0 aliphatic carbocycles. The molecular formula is C11H10BrFN2O3S. The van der Waals surface area contributed by atoms with E-state index < -0.39 is 27.8 Å². The Labute approximate surface area is 118 Å². The largest absolute Gasteiger partial charge is 0.368 e. The van der Waals surface area contributed by atoms with Crippen LogP contribution in [-0.4, -0.2) is 20.4 Å². The van der Waals surface area contributed by atoms with Crippen LogP contribution in [0.4, 0.5) is 4.39 Å². The van der Waals surface area contributed by atoms with Crippen molar-refractivity contribution in [3.63, 3.8) is 0 Å². The molecule has 0 saturated carbocycles. The molecule has 102 valence electrons. The maximum atomic E-state index is 12.9.